The van der Waals surface area contributed by atoms with Gasteiger partial charge in [-0.25, -0.2) is 8.42 Å². The van der Waals surface area contributed by atoms with E-state index >= 15 is 0 Å². The molecule has 0 radical (unpaired) electrons. The molecule has 0 bridgehead atoms. The topological polar surface area (TPSA) is 75.7 Å². The number of thiophene rings is 1. The van der Waals surface area contributed by atoms with Crippen LogP contribution in [0.15, 0.2) is 70.9 Å². The smallest absolute Gasteiger partial charge is 0.252 e. The van der Waals surface area contributed by atoms with Gasteiger partial charge in [0, 0.05) is 7.05 Å². The van der Waals surface area contributed by atoms with Crippen LogP contribution in [0.4, 0.5) is 0 Å². The SMILES string of the molecule is COc1ccc(C(NC(=O)CN(C)S(=O)(=O)c2ccc(Cl)s2)c2ccccc2)cc1. The molecule has 0 aliphatic carbocycles. The molecule has 3 rings (SSSR count). The number of nitrogens with zero attached hydrogens (tertiary/aromatic N) is 1. The lowest BCUT2D eigenvalue weighted by Crippen LogP contribution is -2.39. The van der Waals surface area contributed by atoms with E-state index in [4.69, 9.17) is 16.3 Å². The highest BCUT2D eigenvalue weighted by Gasteiger charge is 2.26. The Morgan fingerprint density at radius 2 is 1.70 bits per heavy atom. The van der Waals surface area contributed by atoms with Crippen LogP contribution < -0.4 is 10.1 Å². The Balaban J connectivity index is 1.79. The predicted octanol–water partition coefficient (Wildman–Crippen LogP) is 3.94. The molecule has 158 valence electrons. The summed E-state index contributed by atoms with van der Waals surface area (Å²) in [5.74, 6) is 0.283. The first kappa shape index (κ1) is 22.3. The van der Waals surface area contributed by atoms with Gasteiger partial charge in [-0.3, -0.25) is 4.79 Å². The fourth-order valence-electron chi connectivity index (χ4n) is 2.88. The second kappa shape index (κ2) is 9.61. The minimum Gasteiger partial charge on any atom is -0.497 e. The third-order valence-corrected chi connectivity index (χ3v) is 7.97. The van der Waals surface area contributed by atoms with Gasteiger partial charge in [-0.2, -0.15) is 4.31 Å². The molecule has 3 aromatic rings. The lowest BCUT2D eigenvalue weighted by Gasteiger charge is -2.22. The maximum absolute atomic E-state index is 12.8. The van der Waals surface area contributed by atoms with E-state index in [2.05, 4.69) is 5.32 Å². The van der Waals surface area contributed by atoms with Gasteiger partial charge in [0.05, 0.1) is 24.0 Å². The molecular formula is C21H21ClN2O4S2. The zero-order valence-corrected chi connectivity index (χ0v) is 18.8. The summed E-state index contributed by atoms with van der Waals surface area (Å²) in [6, 6.07) is 19.3. The number of methoxy groups -OCH3 is 1. The van der Waals surface area contributed by atoms with Crippen LogP contribution in [0.25, 0.3) is 0 Å². The van der Waals surface area contributed by atoms with Crippen molar-refractivity contribution in [2.45, 2.75) is 10.3 Å². The van der Waals surface area contributed by atoms with Gasteiger partial charge >= 0.3 is 0 Å². The van der Waals surface area contributed by atoms with Crippen LogP contribution >= 0.6 is 22.9 Å². The Labute approximate surface area is 185 Å². The maximum atomic E-state index is 12.8. The Kier molecular flexibility index (Phi) is 7.14. The van der Waals surface area contributed by atoms with Crippen LogP contribution in [0.5, 0.6) is 5.75 Å². The number of rotatable bonds is 8. The van der Waals surface area contributed by atoms with E-state index in [1.807, 2.05) is 54.6 Å². The molecule has 1 heterocycles. The van der Waals surface area contributed by atoms with Crippen LogP contribution in [-0.4, -0.2) is 39.3 Å². The van der Waals surface area contributed by atoms with Gasteiger partial charge < -0.3 is 10.1 Å². The highest BCUT2D eigenvalue weighted by molar-refractivity contribution is 7.91. The number of nitrogens with one attached hydrogen (secondary N) is 1. The van der Waals surface area contributed by atoms with E-state index in [1.54, 1.807) is 7.11 Å². The number of hydrogen-bond donors (Lipinski definition) is 1. The van der Waals surface area contributed by atoms with Crippen molar-refractivity contribution in [3.63, 3.8) is 0 Å². The van der Waals surface area contributed by atoms with E-state index in [0.29, 0.717) is 10.1 Å². The van der Waals surface area contributed by atoms with Crippen LogP contribution in [0.1, 0.15) is 17.2 Å². The third kappa shape index (κ3) is 5.20. The number of likely N-dealkylation sites (N-methyl/N-ethyl adjacent to an activating group) is 1. The van der Waals surface area contributed by atoms with Crippen molar-refractivity contribution < 1.29 is 17.9 Å². The summed E-state index contributed by atoms with van der Waals surface area (Å²) >= 11 is 6.80. The van der Waals surface area contributed by atoms with Crippen molar-refractivity contribution in [3.8, 4) is 5.75 Å². The summed E-state index contributed by atoms with van der Waals surface area (Å²) in [5.41, 5.74) is 1.73. The minimum absolute atomic E-state index is 0.0950. The third-order valence-electron chi connectivity index (χ3n) is 4.47. The summed E-state index contributed by atoms with van der Waals surface area (Å²) < 4.78 is 32.0. The highest BCUT2D eigenvalue weighted by atomic mass is 35.5. The van der Waals surface area contributed by atoms with E-state index in [1.165, 1.54) is 19.2 Å². The molecule has 1 unspecified atom stereocenters. The molecule has 0 aliphatic heterocycles. The number of benzene rings is 2. The molecule has 1 N–H and O–H groups in total. The number of hydrogen-bond acceptors (Lipinski definition) is 5. The molecule has 0 saturated carbocycles. The van der Waals surface area contributed by atoms with Crippen LogP contribution in [0.2, 0.25) is 4.34 Å². The van der Waals surface area contributed by atoms with Crippen LogP contribution in [0.3, 0.4) is 0 Å². The predicted molar refractivity (Wildman–Crippen MR) is 119 cm³/mol. The summed E-state index contributed by atoms with van der Waals surface area (Å²) in [6.45, 7) is -0.322. The first-order chi connectivity index (χ1) is 14.3. The van der Waals surface area contributed by atoms with Crippen LogP contribution in [0, 0.1) is 0 Å². The second-order valence-corrected chi connectivity index (χ2v) is 10.5. The van der Waals surface area contributed by atoms with Crippen molar-refractivity contribution >= 4 is 38.9 Å². The van der Waals surface area contributed by atoms with E-state index < -0.39 is 22.0 Å². The average molecular weight is 465 g/mol. The fraction of sp³-hybridized carbons (Fsp3) is 0.190. The van der Waals surface area contributed by atoms with Gasteiger partial charge in [-0.15, -0.1) is 11.3 Å². The van der Waals surface area contributed by atoms with Gasteiger partial charge in [-0.1, -0.05) is 54.1 Å². The zero-order chi connectivity index (χ0) is 21.7. The minimum atomic E-state index is -3.80. The van der Waals surface area contributed by atoms with Gasteiger partial charge in [0.15, 0.2) is 0 Å². The summed E-state index contributed by atoms with van der Waals surface area (Å²) in [6.07, 6.45) is 0. The summed E-state index contributed by atoms with van der Waals surface area (Å²) in [4.78, 5) is 12.8. The summed E-state index contributed by atoms with van der Waals surface area (Å²) in [7, 11) is -0.843. The van der Waals surface area contributed by atoms with Crippen LogP contribution in [-0.2, 0) is 14.8 Å². The van der Waals surface area contributed by atoms with Crippen molar-refractivity contribution in [2.75, 3.05) is 20.7 Å². The highest BCUT2D eigenvalue weighted by Crippen LogP contribution is 2.28. The van der Waals surface area contributed by atoms with Crippen molar-refractivity contribution in [2.24, 2.45) is 0 Å². The standard InChI is InChI=1S/C21H21ClN2O4S2/c1-24(30(26,27)20-13-12-18(22)29-20)14-19(25)23-21(15-6-4-3-5-7-15)16-8-10-17(28-2)11-9-16/h3-13,21H,14H2,1-2H3,(H,23,25). The van der Waals surface area contributed by atoms with Crippen molar-refractivity contribution in [1.29, 1.82) is 0 Å². The lowest BCUT2D eigenvalue weighted by molar-refractivity contribution is -0.121. The Morgan fingerprint density at radius 1 is 1.07 bits per heavy atom. The maximum Gasteiger partial charge on any atom is 0.252 e. The molecule has 0 spiro atoms. The second-order valence-electron chi connectivity index (χ2n) is 6.50. The van der Waals surface area contributed by atoms with E-state index in [-0.39, 0.29) is 10.8 Å². The Morgan fingerprint density at radius 3 is 2.27 bits per heavy atom. The number of carbonyl (C=O) groups is 1. The average Bonchev–Trinajstić information content (AvgIpc) is 3.20. The van der Waals surface area contributed by atoms with Gasteiger partial charge in [0.25, 0.3) is 10.0 Å². The molecule has 2 aromatic carbocycles. The van der Waals surface area contributed by atoms with Gasteiger partial charge in [0.2, 0.25) is 5.91 Å². The number of carbonyl (C=O) groups excluding carboxylic acids is 1. The van der Waals surface area contributed by atoms with Gasteiger partial charge in [-0.05, 0) is 35.4 Å². The molecule has 0 aliphatic rings. The largest absolute Gasteiger partial charge is 0.497 e. The molecule has 0 fully saturated rings. The number of ether oxygens (including phenoxy) is 1. The molecule has 6 nitrogen and oxygen atoms in total. The molecule has 9 heteroatoms. The van der Waals surface area contributed by atoms with Crippen molar-refractivity contribution in [3.05, 3.63) is 82.2 Å². The molecule has 0 saturated heterocycles. The molecule has 1 amide bonds. The quantitative estimate of drug-likeness (QED) is 0.548. The van der Waals surface area contributed by atoms with E-state index in [9.17, 15) is 13.2 Å². The Hall–Kier alpha value is -2.39. The van der Waals surface area contributed by atoms with Crippen molar-refractivity contribution in [1.82, 2.24) is 9.62 Å². The first-order valence-corrected chi connectivity index (χ1v) is 11.6. The monoisotopic (exact) mass is 464 g/mol. The molecule has 1 atom stereocenters. The molecular weight excluding hydrogens is 444 g/mol. The van der Waals surface area contributed by atoms with Gasteiger partial charge in [0.1, 0.15) is 9.96 Å². The fourth-order valence-corrected chi connectivity index (χ4v) is 5.71. The normalized spacial score (nSPS) is 12.5. The van der Waals surface area contributed by atoms with E-state index in [0.717, 1.165) is 26.8 Å². The first-order valence-electron chi connectivity index (χ1n) is 9.01. The number of halogens is 1. The zero-order valence-electron chi connectivity index (χ0n) is 16.4. The Bertz CT molecular complexity index is 1100. The molecule has 30 heavy (non-hydrogen) atoms. The molecule has 1 aromatic heterocycles. The number of sulfonamides is 1. The number of amides is 1. The lowest BCUT2D eigenvalue weighted by atomic mass is 9.98. The summed E-state index contributed by atoms with van der Waals surface area (Å²) in [5, 5.41) is 2.94.